The Labute approximate surface area is 188 Å². The molecule has 5 aromatic rings. The van der Waals surface area contributed by atoms with E-state index in [0.29, 0.717) is 16.7 Å². The minimum atomic E-state index is 0.615. The van der Waals surface area contributed by atoms with Gasteiger partial charge in [0.05, 0.1) is 21.9 Å². The van der Waals surface area contributed by atoms with Gasteiger partial charge in [-0.15, -0.1) is 21.5 Å². The third-order valence-corrected chi connectivity index (χ3v) is 6.78. The number of nitrogens with zero attached hydrogens (tertiary/aromatic N) is 5. The van der Waals surface area contributed by atoms with E-state index in [1.807, 2.05) is 37.3 Å². The summed E-state index contributed by atoms with van der Waals surface area (Å²) < 4.78 is 1.56. The van der Waals surface area contributed by atoms with Crippen molar-refractivity contribution >= 4 is 34.0 Å². The lowest BCUT2D eigenvalue weighted by Crippen LogP contribution is -2.12. The van der Waals surface area contributed by atoms with Crippen molar-refractivity contribution < 1.29 is 0 Å². The summed E-state index contributed by atoms with van der Waals surface area (Å²) in [7, 11) is 0. The highest BCUT2D eigenvalue weighted by Crippen LogP contribution is 2.32. The Hall–Kier alpha value is -3.23. The van der Waals surface area contributed by atoms with E-state index in [0.717, 1.165) is 38.4 Å². The number of para-hydroxylation sites is 1. The Morgan fingerprint density at radius 3 is 2.58 bits per heavy atom. The Kier molecular flexibility index (Phi) is 5.17. The minimum absolute atomic E-state index is 0.615. The zero-order valence-electron chi connectivity index (χ0n) is 17.1. The first-order chi connectivity index (χ1) is 15.1. The number of nitrogens with two attached hydrogens (primary N) is 1. The van der Waals surface area contributed by atoms with Crippen LogP contribution in [0.1, 0.15) is 16.3 Å². The second-order valence-electron chi connectivity index (χ2n) is 7.26. The molecular weight excluding hydrogens is 424 g/mol. The number of nitrogen functional groups attached to an aromatic ring is 1. The monoisotopic (exact) mass is 444 g/mol. The van der Waals surface area contributed by atoms with E-state index in [9.17, 15) is 0 Å². The molecule has 2 aromatic carbocycles. The number of aromatic nitrogens is 5. The summed E-state index contributed by atoms with van der Waals surface area (Å²) in [6.45, 7) is 4.08. The molecule has 0 radical (unpaired) electrons. The number of pyridine rings is 1. The molecule has 0 aliphatic heterocycles. The van der Waals surface area contributed by atoms with E-state index in [-0.39, 0.29) is 0 Å². The lowest BCUT2D eigenvalue weighted by Gasteiger charge is -2.10. The van der Waals surface area contributed by atoms with Crippen LogP contribution in [-0.2, 0) is 5.75 Å². The molecule has 5 rings (SSSR count). The van der Waals surface area contributed by atoms with Gasteiger partial charge in [-0.05, 0) is 26.0 Å². The molecule has 0 fully saturated rings. The molecule has 0 aliphatic rings. The molecule has 3 aromatic heterocycles. The van der Waals surface area contributed by atoms with Gasteiger partial charge in [0.15, 0.2) is 5.82 Å². The van der Waals surface area contributed by atoms with Gasteiger partial charge in [-0.1, -0.05) is 59.8 Å². The van der Waals surface area contributed by atoms with Crippen LogP contribution in [0.3, 0.4) is 0 Å². The van der Waals surface area contributed by atoms with Gasteiger partial charge in [0, 0.05) is 27.6 Å². The molecule has 8 heteroatoms. The fourth-order valence-electron chi connectivity index (χ4n) is 3.40. The molecule has 0 atom stereocenters. The number of hydrogen-bond acceptors (Lipinski definition) is 7. The number of thiazole rings is 1. The predicted molar refractivity (Wildman–Crippen MR) is 127 cm³/mol. The van der Waals surface area contributed by atoms with Gasteiger partial charge in [0.2, 0.25) is 5.16 Å². The van der Waals surface area contributed by atoms with E-state index < -0.39 is 0 Å². The standard InChI is InChI=1S/C23H20N6S2/c1-14-7-9-16(10-8-14)21-11-19(18-5-3-4-6-20(18)26-21)22-27-28-23(29(22)24)31-13-17-12-30-15(2)25-17/h3-12H,13,24H2,1-2H3. The van der Waals surface area contributed by atoms with Crippen molar-refractivity contribution in [3.05, 3.63) is 76.2 Å². The van der Waals surface area contributed by atoms with Crippen LogP contribution in [0.15, 0.2) is 65.1 Å². The molecule has 154 valence electrons. The summed E-state index contributed by atoms with van der Waals surface area (Å²) in [4.78, 5) is 9.37. The van der Waals surface area contributed by atoms with Gasteiger partial charge in [0.1, 0.15) is 0 Å². The number of hydrogen-bond donors (Lipinski definition) is 1. The molecule has 0 spiro atoms. The summed E-state index contributed by atoms with van der Waals surface area (Å²) in [6, 6.07) is 18.4. The summed E-state index contributed by atoms with van der Waals surface area (Å²) >= 11 is 3.17. The Morgan fingerprint density at radius 2 is 1.81 bits per heavy atom. The molecule has 3 heterocycles. The van der Waals surface area contributed by atoms with Gasteiger partial charge in [-0.3, -0.25) is 0 Å². The highest BCUT2D eigenvalue weighted by molar-refractivity contribution is 7.98. The number of aryl methyl sites for hydroxylation is 2. The Bertz CT molecular complexity index is 1370. The smallest absolute Gasteiger partial charge is 0.210 e. The molecule has 0 aliphatic carbocycles. The summed E-state index contributed by atoms with van der Waals surface area (Å²) in [6.07, 6.45) is 0. The quantitative estimate of drug-likeness (QED) is 0.295. The molecular formula is C23H20N6S2. The predicted octanol–water partition coefficient (Wildman–Crippen LogP) is 5.24. The van der Waals surface area contributed by atoms with Crippen molar-refractivity contribution in [3.8, 4) is 22.6 Å². The Balaban J connectivity index is 1.56. The first-order valence-corrected chi connectivity index (χ1v) is 11.7. The fraction of sp³-hybridized carbons (Fsp3) is 0.130. The maximum Gasteiger partial charge on any atom is 0.210 e. The van der Waals surface area contributed by atoms with Crippen LogP contribution in [0.2, 0.25) is 0 Å². The van der Waals surface area contributed by atoms with Crippen LogP contribution in [-0.4, -0.2) is 24.8 Å². The molecule has 0 unspecified atom stereocenters. The van der Waals surface area contributed by atoms with Crippen LogP contribution in [0.5, 0.6) is 0 Å². The van der Waals surface area contributed by atoms with Gasteiger partial charge in [-0.25, -0.2) is 14.6 Å². The van der Waals surface area contributed by atoms with Gasteiger partial charge in [0.25, 0.3) is 0 Å². The number of fused-ring (bicyclic) bond motifs is 1. The third-order valence-electron chi connectivity index (χ3n) is 4.98. The normalized spacial score (nSPS) is 11.3. The second kappa shape index (κ2) is 8.13. The number of thioether (sulfide) groups is 1. The third kappa shape index (κ3) is 3.92. The minimum Gasteiger partial charge on any atom is -0.335 e. The lowest BCUT2D eigenvalue weighted by atomic mass is 10.0. The number of rotatable bonds is 5. The van der Waals surface area contributed by atoms with Crippen LogP contribution in [0.25, 0.3) is 33.5 Å². The molecule has 2 N–H and O–H groups in total. The molecule has 0 amide bonds. The SMILES string of the molecule is Cc1ccc(-c2cc(-c3nnc(SCc4csc(C)n4)n3N)c3ccccc3n2)cc1. The Morgan fingerprint density at radius 1 is 1.00 bits per heavy atom. The van der Waals surface area contributed by atoms with Crippen molar-refractivity contribution in [1.82, 2.24) is 24.8 Å². The van der Waals surface area contributed by atoms with Crippen LogP contribution in [0, 0.1) is 13.8 Å². The maximum absolute atomic E-state index is 6.44. The molecule has 0 saturated carbocycles. The van der Waals surface area contributed by atoms with Crippen molar-refractivity contribution in [2.24, 2.45) is 0 Å². The van der Waals surface area contributed by atoms with Crippen LogP contribution in [0.4, 0.5) is 0 Å². The molecule has 0 bridgehead atoms. The first kappa shape index (κ1) is 19.7. The van der Waals surface area contributed by atoms with Gasteiger partial charge >= 0.3 is 0 Å². The largest absolute Gasteiger partial charge is 0.335 e. The van der Waals surface area contributed by atoms with Crippen molar-refractivity contribution in [1.29, 1.82) is 0 Å². The second-order valence-corrected chi connectivity index (χ2v) is 9.27. The van der Waals surface area contributed by atoms with E-state index >= 15 is 0 Å². The first-order valence-electron chi connectivity index (χ1n) is 9.80. The van der Waals surface area contributed by atoms with Gasteiger partial charge in [-0.2, -0.15) is 0 Å². The summed E-state index contributed by atoms with van der Waals surface area (Å²) in [5.74, 6) is 7.75. The molecule has 6 nitrogen and oxygen atoms in total. The van der Waals surface area contributed by atoms with E-state index in [2.05, 4.69) is 51.8 Å². The van der Waals surface area contributed by atoms with Crippen molar-refractivity contribution in [2.75, 3.05) is 5.84 Å². The van der Waals surface area contributed by atoms with Crippen molar-refractivity contribution in [2.45, 2.75) is 24.8 Å². The topological polar surface area (TPSA) is 82.5 Å². The van der Waals surface area contributed by atoms with E-state index in [1.54, 1.807) is 16.0 Å². The van der Waals surface area contributed by atoms with E-state index in [4.69, 9.17) is 10.8 Å². The maximum atomic E-state index is 6.44. The highest BCUT2D eigenvalue weighted by Gasteiger charge is 2.17. The van der Waals surface area contributed by atoms with Crippen LogP contribution >= 0.6 is 23.1 Å². The summed E-state index contributed by atoms with van der Waals surface area (Å²) in [5, 5.41) is 13.5. The molecule has 31 heavy (non-hydrogen) atoms. The van der Waals surface area contributed by atoms with Gasteiger partial charge < -0.3 is 5.84 Å². The van der Waals surface area contributed by atoms with Crippen LogP contribution < -0.4 is 5.84 Å². The molecule has 0 saturated heterocycles. The lowest BCUT2D eigenvalue weighted by molar-refractivity contribution is 0.849. The van der Waals surface area contributed by atoms with E-state index in [1.165, 1.54) is 17.3 Å². The highest BCUT2D eigenvalue weighted by atomic mass is 32.2. The zero-order chi connectivity index (χ0) is 21.4. The van der Waals surface area contributed by atoms with Crippen molar-refractivity contribution in [3.63, 3.8) is 0 Å². The number of benzene rings is 2. The average molecular weight is 445 g/mol. The summed E-state index contributed by atoms with van der Waals surface area (Å²) in [5.41, 5.74) is 5.97. The fourth-order valence-corrected chi connectivity index (χ4v) is 4.87. The average Bonchev–Trinajstić information content (AvgIpc) is 3.37. The zero-order valence-corrected chi connectivity index (χ0v) is 18.7.